The Morgan fingerprint density at radius 1 is 1.25 bits per heavy atom. The zero-order valence-corrected chi connectivity index (χ0v) is 15.7. The number of nitrogens with one attached hydrogen (secondary N) is 1. The van der Waals surface area contributed by atoms with Crippen LogP contribution in [0.4, 0.5) is 4.79 Å². The van der Waals surface area contributed by atoms with Crippen molar-refractivity contribution in [1.29, 1.82) is 0 Å². The summed E-state index contributed by atoms with van der Waals surface area (Å²) in [6.07, 6.45) is -0.274. The predicted molar refractivity (Wildman–Crippen MR) is 95.7 cm³/mol. The van der Waals surface area contributed by atoms with Gasteiger partial charge in [0.05, 0.1) is 19.2 Å². The summed E-state index contributed by atoms with van der Waals surface area (Å²) in [6.45, 7) is 7.02. The minimum atomic E-state index is -0.274. The second-order valence-electron chi connectivity index (χ2n) is 5.77. The van der Waals surface area contributed by atoms with Crippen molar-refractivity contribution in [1.82, 2.24) is 15.1 Å². The number of carbonyl (C=O) groups excluding carboxylic acids is 2. The van der Waals surface area contributed by atoms with Crippen LogP contribution in [-0.2, 0) is 9.53 Å². The number of benzene rings is 1. The van der Waals surface area contributed by atoms with Crippen molar-refractivity contribution in [3.63, 3.8) is 0 Å². The van der Waals surface area contributed by atoms with Gasteiger partial charge in [0.25, 0.3) is 0 Å². The molecule has 1 atom stereocenters. The molecule has 0 bridgehead atoms. The Morgan fingerprint density at radius 2 is 1.92 bits per heavy atom. The Balaban J connectivity index is 1.77. The molecule has 24 heavy (non-hydrogen) atoms. The fourth-order valence-electron chi connectivity index (χ4n) is 2.70. The molecule has 0 unspecified atom stereocenters. The maximum Gasteiger partial charge on any atom is 0.409 e. The molecular formula is C17H24BrN3O3. The van der Waals surface area contributed by atoms with Crippen molar-refractivity contribution < 1.29 is 14.3 Å². The molecule has 1 saturated heterocycles. The normalized spacial score (nSPS) is 16.5. The van der Waals surface area contributed by atoms with Crippen molar-refractivity contribution in [2.45, 2.75) is 19.9 Å². The summed E-state index contributed by atoms with van der Waals surface area (Å²) in [4.78, 5) is 27.6. The van der Waals surface area contributed by atoms with Crippen LogP contribution in [0.1, 0.15) is 25.5 Å². The number of hydrogen-bond donors (Lipinski definition) is 1. The van der Waals surface area contributed by atoms with Gasteiger partial charge in [0.1, 0.15) is 0 Å². The van der Waals surface area contributed by atoms with E-state index < -0.39 is 0 Å². The average molecular weight is 398 g/mol. The maximum atomic E-state index is 12.3. The Morgan fingerprint density at radius 3 is 2.54 bits per heavy atom. The molecule has 132 valence electrons. The van der Waals surface area contributed by atoms with E-state index in [0.29, 0.717) is 39.3 Å². The van der Waals surface area contributed by atoms with Crippen molar-refractivity contribution in [3.05, 3.63) is 34.3 Å². The van der Waals surface area contributed by atoms with Crippen LogP contribution in [0.3, 0.4) is 0 Å². The zero-order chi connectivity index (χ0) is 17.5. The lowest BCUT2D eigenvalue weighted by Gasteiger charge is -2.33. The Kier molecular flexibility index (Phi) is 7.05. The summed E-state index contributed by atoms with van der Waals surface area (Å²) in [5, 5.41) is 3.02. The van der Waals surface area contributed by atoms with E-state index in [1.165, 1.54) is 0 Å². The van der Waals surface area contributed by atoms with Crippen LogP contribution >= 0.6 is 15.9 Å². The number of carbonyl (C=O) groups is 2. The molecule has 1 fully saturated rings. The fourth-order valence-corrected chi connectivity index (χ4v) is 3.33. The summed E-state index contributed by atoms with van der Waals surface area (Å²) >= 11 is 3.51. The largest absolute Gasteiger partial charge is 0.450 e. The third-order valence-corrected chi connectivity index (χ3v) is 4.74. The summed E-state index contributed by atoms with van der Waals surface area (Å²) in [6, 6.07) is 7.80. The molecule has 0 aliphatic carbocycles. The van der Waals surface area contributed by atoms with Crippen LogP contribution in [0.2, 0.25) is 0 Å². The molecule has 0 spiro atoms. The summed E-state index contributed by atoms with van der Waals surface area (Å²) in [7, 11) is 0. The maximum absolute atomic E-state index is 12.3. The van der Waals surface area contributed by atoms with E-state index in [4.69, 9.17) is 4.74 Å². The molecule has 1 N–H and O–H groups in total. The third kappa shape index (κ3) is 5.21. The van der Waals surface area contributed by atoms with Gasteiger partial charge in [-0.25, -0.2) is 4.79 Å². The summed E-state index contributed by atoms with van der Waals surface area (Å²) in [5.74, 6) is -0.0113. The molecule has 0 saturated carbocycles. The highest BCUT2D eigenvalue weighted by atomic mass is 79.9. The van der Waals surface area contributed by atoms with E-state index >= 15 is 0 Å². The number of hydrogen-bond acceptors (Lipinski definition) is 4. The SMILES string of the molecule is CCOC(=O)N1CCN(CC(=O)N[C@@H](C)c2ccccc2Br)CC1. The first-order chi connectivity index (χ1) is 11.5. The topological polar surface area (TPSA) is 61.9 Å². The van der Waals surface area contributed by atoms with E-state index in [1.807, 2.05) is 31.2 Å². The van der Waals surface area contributed by atoms with Crippen LogP contribution in [0.15, 0.2) is 28.7 Å². The zero-order valence-electron chi connectivity index (χ0n) is 14.1. The van der Waals surface area contributed by atoms with Gasteiger partial charge in [-0.1, -0.05) is 34.1 Å². The number of halogens is 1. The van der Waals surface area contributed by atoms with Gasteiger partial charge in [0, 0.05) is 30.7 Å². The van der Waals surface area contributed by atoms with E-state index in [9.17, 15) is 9.59 Å². The average Bonchev–Trinajstić information content (AvgIpc) is 2.56. The second kappa shape index (κ2) is 9.03. The molecule has 1 aromatic carbocycles. The first kappa shape index (κ1) is 18.7. The molecule has 2 amide bonds. The Labute approximate surface area is 151 Å². The Hall–Kier alpha value is -1.60. The van der Waals surface area contributed by atoms with Gasteiger partial charge in [0.2, 0.25) is 5.91 Å². The molecule has 7 heteroatoms. The third-order valence-electron chi connectivity index (χ3n) is 4.01. The van der Waals surface area contributed by atoms with Crippen molar-refractivity contribution in [3.8, 4) is 0 Å². The van der Waals surface area contributed by atoms with Gasteiger partial charge in [-0.2, -0.15) is 0 Å². The van der Waals surface area contributed by atoms with E-state index in [-0.39, 0.29) is 18.0 Å². The number of ether oxygens (including phenoxy) is 1. The van der Waals surface area contributed by atoms with Gasteiger partial charge in [-0.15, -0.1) is 0 Å². The van der Waals surface area contributed by atoms with Crippen molar-refractivity contribution >= 4 is 27.9 Å². The fraction of sp³-hybridized carbons (Fsp3) is 0.529. The lowest BCUT2D eigenvalue weighted by Crippen LogP contribution is -2.51. The summed E-state index contributed by atoms with van der Waals surface area (Å²) < 4.78 is 5.98. The van der Waals surface area contributed by atoms with E-state index in [1.54, 1.807) is 11.8 Å². The molecule has 1 heterocycles. The lowest BCUT2D eigenvalue weighted by molar-refractivity contribution is -0.123. The molecule has 6 nitrogen and oxygen atoms in total. The molecule has 0 radical (unpaired) electrons. The molecule has 2 rings (SSSR count). The van der Waals surface area contributed by atoms with Crippen molar-refractivity contribution in [2.75, 3.05) is 39.3 Å². The highest BCUT2D eigenvalue weighted by Crippen LogP contribution is 2.22. The van der Waals surface area contributed by atoms with Gasteiger partial charge in [0.15, 0.2) is 0 Å². The van der Waals surface area contributed by atoms with Crippen LogP contribution in [0.25, 0.3) is 0 Å². The van der Waals surface area contributed by atoms with Gasteiger partial charge >= 0.3 is 6.09 Å². The molecule has 1 aromatic rings. The van der Waals surface area contributed by atoms with Crippen LogP contribution in [-0.4, -0.2) is 61.1 Å². The van der Waals surface area contributed by atoms with Gasteiger partial charge < -0.3 is 15.0 Å². The number of amides is 2. The minimum Gasteiger partial charge on any atom is -0.450 e. The minimum absolute atomic E-state index is 0.0113. The number of rotatable bonds is 5. The van der Waals surface area contributed by atoms with Gasteiger partial charge in [-0.05, 0) is 25.5 Å². The monoisotopic (exact) mass is 397 g/mol. The standard InChI is InChI=1S/C17H24BrN3O3/c1-3-24-17(23)21-10-8-20(9-11-21)12-16(22)19-13(2)14-6-4-5-7-15(14)18/h4-7,13H,3,8-12H2,1-2H3,(H,19,22)/t13-/m0/s1. The Bertz CT molecular complexity index is 574. The summed E-state index contributed by atoms with van der Waals surface area (Å²) in [5.41, 5.74) is 1.05. The first-order valence-corrected chi connectivity index (χ1v) is 8.98. The smallest absolute Gasteiger partial charge is 0.409 e. The highest BCUT2D eigenvalue weighted by Gasteiger charge is 2.23. The number of nitrogens with zero attached hydrogens (tertiary/aromatic N) is 2. The molecular weight excluding hydrogens is 374 g/mol. The van der Waals surface area contributed by atoms with Crippen LogP contribution in [0, 0.1) is 0 Å². The van der Waals surface area contributed by atoms with Gasteiger partial charge in [-0.3, -0.25) is 9.69 Å². The lowest BCUT2D eigenvalue weighted by atomic mass is 10.1. The first-order valence-electron chi connectivity index (χ1n) is 8.19. The van der Waals surface area contributed by atoms with Crippen molar-refractivity contribution in [2.24, 2.45) is 0 Å². The predicted octanol–water partition coefficient (Wildman–Crippen LogP) is 2.40. The van der Waals surface area contributed by atoms with Crippen LogP contribution in [0.5, 0.6) is 0 Å². The van der Waals surface area contributed by atoms with E-state index in [0.717, 1.165) is 10.0 Å². The van der Waals surface area contributed by atoms with E-state index in [2.05, 4.69) is 26.1 Å². The second-order valence-corrected chi connectivity index (χ2v) is 6.63. The number of piperazine rings is 1. The molecule has 0 aromatic heterocycles. The molecule has 1 aliphatic rings. The van der Waals surface area contributed by atoms with Crippen LogP contribution < -0.4 is 5.32 Å². The highest BCUT2D eigenvalue weighted by molar-refractivity contribution is 9.10. The molecule has 1 aliphatic heterocycles. The quantitative estimate of drug-likeness (QED) is 0.828.